The lowest BCUT2D eigenvalue weighted by atomic mass is 9.89. The number of fused-ring (bicyclic) bond motifs is 1. The van der Waals surface area contributed by atoms with Crippen LogP contribution in [0, 0.1) is 11.7 Å². The molecule has 2 heterocycles. The molecule has 2 fully saturated rings. The highest BCUT2D eigenvalue weighted by Crippen LogP contribution is 2.33. The lowest BCUT2D eigenvalue weighted by molar-refractivity contribution is -0.117. The number of likely N-dealkylation sites (tertiary alicyclic amines) is 1. The van der Waals surface area contributed by atoms with Crippen molar-refractivity contribution in [1.82, 2.24) is 9.88 Å². The zero-order valence-electron chi connectivity index (χ0n) is 16.5. The number of benzene rings is 2. The maximum Gasteiger partial charge on any atom is 0.227 e. The summed E-state index contributed by atoms with van der Waals surface area (Å²) in [4.78, 5) is 17.7. The molecule has 5 heteroatoms. The Hall–Kier alpha value is -2.66. The van der Waals surface area contributed by atoms with E-state index in [9.17, 15) is 9.18 Å². The van der Waals surface area contributed by atoms with Gasteiger partial charge in [0.1, 0.15) is 5.82 Å². The third kappa shape index (κ3) is 4.06. The molecule has 1 amide bonds. The van der Waals surface area contributed by atoms with Crippen LogP contribution in [0.25, 0.3) is 10.9 Å². The predicted molar refractivity (Wildman–Crippen MR) is 113 cm³/mol. The van der Waals surface area contributed by atoms with Crippen molar-refractivity contribution in [3.8, 4) is 0 Å². The lowest BCUT2D eigenvalue weighted by Gasteiger charge is -2.32. The number of H-pyrrole nitrogens is 1. The molecule has 5 rings (SSSR count). The summed E-state index contributed by atoms with van der Waals surface area (Å²) < 4.78 is 13.4. The number of halogens is 1. The molecule has 1 aromatic heterocycles. The van der Waals surface area contributed by atoms with Crippen molar-refractivity contribution >= 4 is 22.5 Å². The number of nitrogens with one attached hydrogen (secondary N) is 2. The number of hydrogen-bond acceptors (Lipinski definition) is 2. The lowest BCUT2D eigenvalue weighted by Crippen LogP contribution is -2.32. The van der Waals surface area contributed by atoms with Crippen molar-refractivity contribution in [1.29, 1.82) is 0 Å². The molecule has 150 valence electrons. The number of amides is 1. The highest BCUT2D eigenvalue weighted by atomic mass is 19.1. The normalized spacial score (nSPS) is 18.2. The van der Waals surface area contributed by atoms with Gasteiger partial charge in [0.25, 0.3) is 0 Å². The number of aromatic amines is 1. The SMILES string of the molecule is O=C(Nc1cccc(C2CCN(Cc3c[nH]c4cc(F)ccc34)CC2)c1)C1CC1. The van der Waals surface area contributed by atoms with Gasteiger partial charge in [0.05, 0.1) is 0 Å². The van der Waals surface area contributed by atoms with Crippen LogP contribution in [0.2, 0.25) is 0 Å². The molecular formula is C24H26FN3O. The van der Waals surface area contributed by atoms with E-state index in [0.29, 0.717) is 5.92 Å². The van der Waals surface area contributed by atoms with Crippen molar-refractivity contribution in [2.24, 2.45) is 5.92 Å². The van der Waals surface area contributed by atoms with Crippen LogP contribution in [0.1, 0.15) is 42.7 Å². The number of anilines is 1. The van der Waals surface area contributed by atoms with E-state index in [-0.39, 0.29) is 17.6 Å². The summed E-state index contributed by atoms with van der Waals surface area (Å²) in [7, 11) is 0. The number of hydrogen-bond donors (Lipinski definition) is 2. The summed E-state index contributed by atoms with van der Waals surface area (Å²) >= 11 is 0. The quantitative estimate of drug-likeness (QED) is 0.640. The molecule has 1 saturated carbocycles. The van der Waals surface area contributed by atoms with Crippen LogP contribution < -0.4 is 5.32 Å². The van der Waals surface area contributed by atoms with Crippen LogP contribution in [-0.4, -0.2) is 28.9 Å². The molecule has 0 bridgehead atoms. The Balaban J connectivity index is 1.20. The van der Waals surface area contributed by atoms with Gasteiger partial charge >= 0.3 is 0 Å². The van der Waals surface area contributed by atoms with Gasteiger partial charge in [-0.25, -0.2) is 4.39 Å². The van der Waals surface area contributed by atoms with Crippen LogP contribution in [0.3, 0.4) is 0 Å². The Labute approximate surface area is 170 Å². The van der Waals surface area contributed by atoms with E-state index >= 15 is 0 Å². The maximum absolute atomic E-state index is 13.4. The number of carbonyl (C=O) groups excluding carboxylic acids is 1. The second-order valence-corrected chi connectivity index (χ2v) is 8.44. The highest BCUT2D eigenvalue weighted by molar-refractivity contribution is 5.94. The Morgan fingerprint density at radius 3 is 2.72 bits per heavy atom. The first-order valence-corrected chi connectivity index (χ1v) is 10.5. The third-order valence-electron chi connectivity index (χ3n) is 6.28. The minimum atomic E-state index is -0.206. The molecule has 2 aromatic carbocycles. The first kappa shape index (κ1) is 18.4. The first-order valence-electron chi connectivity index (χ1n) is 10.5. The van der Waals surface area contributed by atoms with Gasteiger partial charge in [0.15, 0.2) is 0 Å². The molecule has 29 heavy (non-hydrogen) atoms. The molecule has 1 aliphatic carbocycles. The summed E-state index contributed by atoms with van der Waals surface area (Å²) in [6.45, 7) is 2.96. The number of aromatic nitrogens is 1. The number of carbonyl (C=O) groups is 1. The predicted octanol–water partition coefficient (Wildman–Crippen LogP) is 5.04. The largest absolute Gasteiger partial charge is 0.361 e. The molecule has 2 aliphatic rings. The third-order valence-corrected chi connectivity index (χ3v) is 6.28. The molecular weight excluding hydrogens is 365 g/mol. The molecule has 1 aliphatic heterocycles. The van der Waals surface area contributed by atoms with E-state index in [1.54, 1.807) is 6.07 Å². The van der Waals surface area contributed by atoms with Gasteiger partial charge in [-0.1, -0.05) is 12.1 Å². The van der Waals surface area contributed by atoms with Gasteiger partial charge in [0.2, 0.25) is 5.91 Å². The van der Waals surface area contributed by atoms with Gasteiger partial charge in [-0.3, -0.25) is 9.69 Å². The van der Waals surface area contributed by atoms with Crippen LogP contribution >= 0.6 is 0 Å². The average molecular weight is 391 g/mol. The van der Waals surface area contributed by atoms with E-state index < -0.39 is 0 Å². The fourth-order valence-electron chi connectivity index (χ4n) is 4.41. The Bertz CT molecular complexity index is 1030. The second-order valence-electron chi connectivity index (χ2n) is 8.44. The maximum atomic E-state index is 13.4. The Morgan fingerprint density at radius 1 is 1.10 bits per heavy atom. The summed E-state index contributed by atoms with van der Waals surface area (Å²) in [5.74, 6) is 0.710. The number of rotatable bonds is 5. The Morgan fingerprint density at radius 2 is 1.93 bits per heavy atom. The molecule has 4 nitrogen and oxygen atoms in total. The summed E-state index contributed by atoms with van der Waals surface area (Å²) in [6.07, 6.45) is 6.26. The van der Waals surface area contributed by atoms with E-state index in [0.717, 1.165) is 61.9 Å². The minimum absolute atomic E-state index is 0.163. The smallest absolute Gasteiger partial charge is 0.227 e. The zero-order valence-corrected chi connectivity index (χ0v) is 16.5. The van der Waals surface area contributed by atoms with Crippen LogP contribution in [0.4, 0.5) is 10.1 Å². The zero-order chi connectivity index (χ0) is 19.8. The highest BCUT2D eigenvalue weighted by Gasteiger charge is 2.29. The molecule has 2 N–H and O–H groups in total. The summed E-state index contributed by atoms with van der Waals surface area (Å²) in [6, 6.07) is 13.3. The monoisotopic (exact) mass is 391 g/mol. The van der Waals surface area contributed by atoms with Gasteiger partial charge in [-0.15, -0.1) is 0 Å². The van der Waals surface area contributed by atoms with E-state index in [4.69, 9.17) is 0 Å². The van der Waals surface area contributed by atoms with E-state index in [1.807, 2.05) is 18.3 Å². The molecule has 0 unspecified atom stereocenters. The average Bonchev–Trinajstić information content (AvgIpc) is 3.52. The summed E-state index contributed by atoms with van der Waals surface area (Å²) in [5.41, 5.74) is 4.33. The fraction of sp³-hybridized carbons (Fsp3) is 0.375. The van der Waals surface area contributed by atoms with Crippen LogP contribution in [0.15, 0.2) is 48.7 Å². The van der Waals surface area contributed by atoms with Gasteiger partial charge in [-0.05, 0) is 86.1 Å². The van der Waals surface area contributed by atoms with E-state index in [1.165, 1.54) is 17.2 Å². The first-order chi connectivity index (χ1) is 14.2. The molecule has 3 aromatic rings. The fourth-order valence-corrected chi connectivity index (χ4v) is 4.41. The van der Waals surface area contributed by atoms with Gasteiger partial charge in [0, 0.05) is 35.2 Å². The molecule has 0 atom stereocenters. The van der Waals surface area contributed by atoms with Crippen LogP contribution in [-0.2, 0) is 11.3 Å². The van der Waals surface area contributed by atoms with Gasteiger partial charge in [-0.2, -0.15) is 0 Å². The second kappa shape index (κ2) is 7.64. The van der Waals surface area contributed by atoms with Crippen LogP contribution in [0.5, 0.6) is 0 Å². The topological polar surface area (TPSA) is 48.1 Å². The van der Waals surface area contributed by atoms with Crippen molar-refractivity contribution in [3.05, 3.63) is 65.6 Å². The number of nitrogens with zero attached hydrogens (tertiary/aromatic N) is 1. The standard InChI is InChI=1S/C24H26FN3O/c25-20-6-7-22-19(14-26-23(22)13-20)15-28-10-8-16(9-11-28)18-2-1-3-21(12-18)27-24(29)17-4-5-17/h1-3,6-7,12-14,16-17,26H,4-5,8-11,15H2,(H,27,29). The van der Waals surface area contributed by atoms with Crippen molar-refractivity contribution in [2.45, 2.75) is 38.1 Å². The molecule has 0 radical (unpaired) electrons. The van der Waals surface area contributed by atoms with Crippen molar-refractivity contribution in [2.75, 3.05) is 18.4 Å². The summed E-state index contributed by atoms with van der Waals surface area (Å²) in [5, 5.41) is 4.17. The van der Waals surface area contributed by atoms with Crippen molar-refractivity contribution < 1.29 is 9.18 Å². The number of piperidine rings is 1. The van der Waals surface area contributed by atoms with Crippen molar-refractivity contribution in [3.63, 3.8) is 0 Å². The molecule has 1 saturated heterocycles. The van der Waals surface area contributed by atoms with E-state index in [2.05, 4.69) is 33.4 Å². The van der Waals surface area contributed by atoms with Gasteiger partial charge < -0.3 is 10.3 Å². The molecule has 0 spiro atoms. The minimum Gasteiger partial charge on any atom is -0.361 e. The Kier molecular flexibility index (Phi) is 4.84.